The summed E-state index contributed by atoms with van der Waals surface area (Å²) in [6, 6.07) is 13.4. The Hall–Kier alpha value is -3.45. The van der Waals surface area contributed by atoms with Gasteiger partial charge in [-0.3, -0.25) is 9.20 Å². The van der Waals surface area contributed by atoms with Gasteiger partial charge >= 0.3 is 5.97 Å². The van der Waals surface area contributed by atoms with Crippen molar-refractivity contribution < 1.29 is 19.4 Å². The monoisotopic (exact) mass is 392 g/mol. The zero-order chi connectivity index (χ0) is 19.7. The molecule has 1 N–H and O–H groups in total. The van der Waals surface area contributed by atoms with E-state index in [2.05, 4.69) is 4.98 Å². The fourth-order valence-corrected chi connectivity index (χ4v) is 3.70. The number of hydrogen-bond donors (Lipinski definition) is 1. The van der Waals surface area contributed by atoms with E-state index in [1.165, 1.54) is 35.9 Å². The van der Waals surface area contributed by atoms with E-state index < -0.39 is 11.8 Å². The van der Waals surface area contributed by atoms with Crippen LogP contribution in [0, 0.1) is 0 Å². The summed E-state index contributed by atoms with van der Waals surface area (Å²) in [6.07, 6.45) is 1.51. The molecule has 3 heterocycles. The number of thiophene rings is 1. The van der Waals surface area contributed by atoms with Crippen LogP contribution in [0.5, 0.6) is 5.75 Å². The van der Waals surface area contributed by atoms with E-state index in [0.717, 1.165) is 4.88 Å². The van der Waals surface area contributed by atoms with Gasteiger partial charge in [0.05, 0.1) is 39.5 Å². The first-order valence-corrected chi connectivity index (χ1v) is 9.53. The van der Waals surface area contributed by atoms with E-state index in [9.17, 15) is 14.7 Å². The smallest absolute Gasteiger partial charge is 0.340 e. The summed E-state index contributed by atoms with van der Waals surface area (Å²) in [6.45, 7) is 1.95. The van der Waals surface area contributed by atoms with Crippen LogP contribution in [-0.4, -0.2) is 32.9 Å². The Bertz CT molecular complexity index is 1180. The van der Waals surface area contributed by atoms with Crippen LogP contribution >= 0.6 is 11.3 Å². The molecule has 0 aliphatic heterocycles. The normalized spacial score (nSPS) is 10.9. The minimum absolute atomic E-state index is 0.122. The lowest BCUT2D eigenvalue weighted by Crippen LogP contribution is -2.06. The molecule has 4 rings (SSSR count). The molecule has 0 aliphatic rings. The lowest BCUT2D eigenvalue weighted by Gasteiger charge is -2.05. The van der Waals surface area contributed by atoms with Crippen LogP contribution < -0.4 is 0 Å². The van der Waals surface area contributed by atoms with Gasteiger partial charge in [-0.25, -0.2) is 9.78 Å². The van der Waals surface area contributed by atoms with Gasteiger partial charge in [-0.2, -0.15) is 0 Å². The third-order valence-electron chi connectivity index (χ3n) is 4.31. The van der Waals surface area contributed by atoms with Crippen LogP contribution in [0.25, 0.3) is 16.1 Å². The highest BCUT2D eigenvalue weighted by Gasteiger charge is 2.23. The third kappa shape index (κ3) is 3.05. The second-order valence-corrected chi connectivity index (χ2v) is 6.96. The van der Waals surface area contributed by atoms with Crippen LogP contribution in [0.2, 0.25) is 0 Å². The molecule has 0 radical (unpaired) electrons. The molecule has 0 spiro atoms. The minimum Gasteiger partial charge on any atom is -0.507 e. The number of carbonyl (C=O) groups is 2. The van der Waals surface area contributed by atoms with Crippen molar-refractivity contribution in [2.24, 2.45) is 0 Å². The Labute approximate surface area is 164 Å². The number of nitrogens with zero attached hydrogens (tertiary/aromatic N) is 2. The number of ether oxygens (including phenoxy) is 1. The summed E-state index contributed by atoms with van der Waals surface area (Å²) in [7, 11) is 0. The lowest BCUT2D eigenvalue weighted by atomic mass is 10.1. The Balaban J connectivity index is 1.91. The molecule has 0 aliphatic carbocycles. The molecule has 28 heavy (non-hydrogen) atoms. The molecule has 0 bridgehead atoms. The number of phenols is 1. The molecule has 6 nitrogen and oxygen atoms in total. The first-order chi connectivity index (χ1) is 13.6. The van der Waals surface area contributed by atoms with Crippen LogP contribution in [0.15, 0.2) is 60.2 Å². The quantitative estimate of drug-likeness (QED) is 0.407. The second-order valence-electron chi connectivity index (χ2n) is 6.02. The molecule has 4 aromatic rings. The van der Waals surface area contributed by atoms with Gasteiger partial charge in [0.15, 0.2) is 0 Å². The molecule has 3 aromatic heterocycles. The Kier molecular flexibility index (Phi) is 4.67. The van der Waals surface area contributed by atoms with Crippen LogP contribution in [-0.2, 0) is 4.74 Å². The highest BCUT2D eigenvalue weighted by atomic mass is 32.1. The summed E-state index contributed by atoms with van der Waals surface area (Å²) in [5.41, 5.74) is 1.88. The summed E-state index contributed by atoms with van der Waals surface area (Å²) in [5.74, 6) is -1.04. The number of esters is 1. The van der Waals surface area contributed by atoms with Gasteiger partial charge in [0.25, 0.3) is 0 Å². The number of hydrogen-bond acceptors (Lipinski definition) is 6. The van der Waals surface area contributed by atoms with Gasteiger partial charge in [0, 0.05) is 0 Å². The number of aromatic nitrogens is 2. The van der Waals surface area contributed by atoms with Crippen LogP contribution in [0.4, 0.5) is 0 Å². The van der Waals surface area contributed by atoms with E-state index in [1.807, 2.05) is 17.5 Å². The zero-order valence-corrected chi connectivity index (χ0v) is 15.8. The van der Waals surface area contributed by atoms with Gasteiger partial charge in [0.2, 0.25) is 5.78 Å². The van der Waals surface area contributed by atoms with Crippen molar-refractivity contribution >= 4 is 28.6 Å². The predicted molar refractivity (Wildman–Crippen MR) is 106 cm³/mol. The maximum Gasteiger partial charge on any atom is 0.340 e. The van der Waals surface area contributed by atoms with Crippen molar-refractivity contribution in [2.75, 3.05) is 6.61 Å². The lowest BCUT2D eigenvalue weighted by molar-refractivity contribution is 0.0529. The van der Waals surface area contributed by atoms with Crippen LogP contribution in [0.3, 0.4) is 0 Å². The summed E-state index contributed by atoms with van der Waals surface area (Å²) < 4.78 is 6.71. The molecule has 140 valence electrons. The van der Waals surface area contributed by atoms with Crippen molar-refractivity contribution in [3.63, 3.8) is 0 Å². The zero-order valence-electron chi connectivity index (χ0n) is 15.0. The molecule has 1 aromatic carbocycles. The number of fused-ring (bicyclic) bond motifs is 1. The third-order valence-corrected chi connectivity index (χ3v) is 5.20. The number of rotatable bonds is 5. The SMILES string of the molecule is CCOC(=O)c1cc(C(=O)c2ccccc2O)n2cnc(-c3cccs3)cc12. The first kappa shape index (κ1) is 17.9. The molecule has 0 amide bonds. The number of phenolic OH excluding ortho intramolecular Hbond substituents is 1. The molecule has 7 heteroatoms. The average molecular weight is 392 g/mol. The number of carbonyl (C=O) groups excluding carboxylic acids is 2. The Morgan fingerprint density at radius 3 is 2.68 bits per heavy atom. The van der Waals surface area contributed by atoms with E-state index >= 15 is 0 Å². The van der Waals surface area contributed by atoms with Gasteiger partial charge in [-0.15, -0.1) is 11.3 Å². The number of ketones is 1. The van der Waals surface area contributed by atoms with Crippen molar-refractivity contribution in [3.05, 3.63) is 77.1 Å². The first-order valence-electron chi connectivity index (χ1n) is 8.65. The van der Waals surface area contributed by atoms with Crippen molar-refractivity contribution in [2.45, 2.75) is 6.92 Å². The molecular formula is C21H16N2O4S. The predicted octanol–water partition coefficient (Wildman–Crippen LogP) is 4.18. The largest absolute Gasteiger partial charge is 0.507 e. The standard InChI is InChI=1S/C21H16N2O4S/c1-2-27-21(26)14-10-17(20(25)13-6-3-4-7-18(13)24)23-12-22-15(11-16(14)23)19-8-5-9-28-19/h3-12,24H,2H2,1H3. The molecule has 0 fully saturated rings. The summed E-state index contributed by atoms with van der Waals surface area (Å²) in [5, 5.41) is 12.0. The molecular weight excluding hydrogens is 376 g/mol. The molecule has 0 atom stereocenters. The van der Waals surface area contributed by atoms with Gasteiger partial charge in [-0.05, 0) is 42.6 Å². The maximum atomic E-state index is 13.0. The molecule has 0 saturated carbocycles. The van der Waals surface area contributed by atoms with Crippen molar-refractivity contribution in [3.8, 4) is 16.3 Å². The van der Waals surface area contributed by atoms with E-state index in [0.29, 0.717) is 11.2 Å². The fraction of sp³-hybridized carbons (Fsp3) is 0.0952. The van der Waals surface area contributed by atoms with Gasteiger partial charge in [-0.1, -0.05) is 18.2 Å². The van der Waals surface area contributed by atoms with E-state index in [-0.39, 0.29) is 29.2 Å². The summed E-state index contributed by atoms with van der Waals surface area (Å²) in [4.78, 5) is 30.9. The topological polar surface area (TPSA) is 80.9 Å². The van der Waals surface area contributed by atoms with Gasteiger partial charge < -0.3 is 9.84 Å². The highest BCUT2D eigenvalue weighted by molar-refractivity contribution is 7.13. The van der Waals surface area contributed by atoms with E-state index in [1.54, 1.807) is 29.5 Å². The fourth-order valence-electron chi connectivity index (χ4n) is 3.01. The average Bonchev–Trinajstić information content (AvgIpc) is 3.36. The minimum atomic E-state index is -0.514. The molecule has 0 unspecified atom stereocenters. The van der Waals surface area contributed by atoms with Crippen molar-refractivity contribution in [1.29, 1.82) is 0 Å². The molecule has 0 saturated heterocycles. The second kappa shape index (κ2) is 7.28. The van der Waals surface area contributed by atoms with Crippen molar-refractivity contribution in [1.82, 2.24) is 9.38 Å². The summed E-state index contributed by atoms with van der Waals surface area (Å²) >= 11 is 1.53. The van der Waals surface area contributed by atoms with Crippen LogP contribution in [0.1, 0.15) is 33.3 Å². The van der Waals surface area contributed by atoms with E-state index in [4.69, 9.17) is 4.74 Å². The number of benzene rings is 1. The highest BCUT2D eigenvalue weighted by Crippen LogP contribution is 2.28. The Morgan fingerprint density at radius 2 is 1.96 bits per heavy atom. The van der Waals surface area contributed by atoms with Gasteiger partial charge in [0.1, 0.15) is 12.1 Å². The number of para-hydroxylation sites is 1. The maximum absolute atomic E-state index is 13.0. The Morgan fingerprint density at radius 1 is 1.14 bits per heavy atom. The number of aromatic hydroxyl groups is 1.